The second-order valence-electron chi connectivity index (χ2n) is 7.13. The predicted octanol–water partition coefficient (Wildman–Crippen LogP) is 3.67. The lowest BCUT2D eigenvalue weighted by molar-refractivity contribution is -0.121. The maximum Gasteiger partial charge on any atom is 0.315 e. The molecule has 0 aliphatic heterocycles. The van der Waals surface area contributed by atoms with E-state index in [4.69, 9.17) is 4.74 Å². The molecule has 3 amide bonds. The van der Waals surface area contributed by atoms with Crippen molar-refractivity contribution in [3.05, 3.63) is 29.8 Å². The highest BCUT2D eigenvalue weighted by atomic mass is 16.5. The van der Waals surface area contributed by atoms with Crippen LogP contribution in [-0.4, -0.2) is 31.1 Å². The molecule has 1 saturated carbocycles. The van der Waals surface area contributed by atoms with Gasteiger partial charge in [-0.1, -0.05) is 31.4 Å². The molecule has 1 aromatic rings. The third-order valence-electron chi connectivity index (χ3n) is 4.88. The Hall–Kier alpha value is -2.24. The smallest absolute Gasteiger partial charge is 0.315 e. The number of urea groups is 1. The van der Waals surface area contributed by atoms with E-state index in [2.05, 4.69) is 16.0 Å². The minimum atomic E-state index is -0.120. The number of carbonyl (C=O) groups is 2. The van der Waals surface area contributed by atoms with Gasteiger partial charge in [0.15, 0.2) is 0 Å². The molecule has 0 aromatic heterocycles. The van der Waals surface area contributed by atoms with Crippen LogP contribution in [0.4, 0.5) is 4.79 Å². The first-order valence-corrected chi connectivity index (χ1v) is 10.1. The largest absolute Gasteiger partial charge is 0.494 e. The molecule has 1 aliphatic rings. The first-order chi connectivity index (χ1) is 13.1. The van der Waals surface area contributed by atoms with Crippen LogP contribution in [0.1, 0.15) is 70.4 Å². The van der Waals surface area contributed by atoms with E-state index < -0.39 is 0 Å². The third kappa shape index (κ3) is 7.89. The molecular formula is C21H33N3O3. The van der Waals surface area contributed by atoms with Crippen molar-refractivity contribution < 1.29 is 14.3 Å². The molecule has 150 valence electrons. The number of amides is 3. The summed E-state index contributed by atoms with van der Waals surface area (Å²) in [6.07, 6.45) is 6.81. The van der Waals surface area contributed by atoms with Gasteiger partial charge in [-0.3, -0.25) is 4.79 Å². The summed E-state index contributed by atoms with van der Waals surface area (Å²) in [4.78, 5) is 24.0. The van der Waals surface area contributed by atoms with E-state index in [-0.39, 0.29) is 18.0 Å². The van der Waals surface area contributed by atoms with E-state index in [0.717, 1.165) is 24.2 Å². The maximum atomic E-state index is 12.1. The molecular weight excluding hydrogens is 342 g/mol. The Bertz CT molecular complexity index is 583. The van der Waals surface area contributed by atoms with Crippen LogP contribution in [0.25, 0.3) is 0 Å². The Labute approximate surface area is 162 Å². The van der Waals surface area contributed by atoms with Gasteiger partial charge >= 0.3 is 6.03 Å². The predicted molar refractivity (Wildman–Crippen MR) is 107 cm³/mol. The fraction of sp³-hybridized carbons (Fsp3) is 0.619. The van der Waals surface area contributed by atoms with Gasteiger partial charge in [-0.05, 0) is 50.8 Å². The summed E-state index contributed by atoms with van der Waals surface area (Å²) in [5.74, 6) is 0.822. The number of nitrogens with one attached hydrogen (secondary N) is 3. The molecule has 1 aromatic carbocycles. The molecule has 27 heavy (non-hydrogen) atoms. The molecule has 6 heteroatoms. The van der Waals surface area contributed by atoms with Crippen LogP contribution < -0.4 is 20.7 Å². The quantitative estimate of drug-likeness (QED) is 0.576. The first-order valence-electron chi connectivity index (χ1n) is 10.1. The minimum Gasteiger partial charge on any atom is -0.494 e. The van der Waals surface area contributed by atoms with Gasteiger partial charge < -0.3 is 20.7 Å². The summed E-state index contributed by atoms with van der Waals surface area (Å²) in [5.41, 5.74) is 1.04. The fourth-order valence-corrected chi connectivity index (χ4v) is 3.35. The van der Waals surface area contributed by atoms with E-state index >= 15 is 0 Å². The molecule has 0 radical (unpaired) electrons. The summed E-state index contributed by atoms with van der Waals surface area (Å²) in [6, 6.07) is 7.88. The lowest BCUT2D eigenvalue weighted by Crippen LogP contribution is -2.43. The van der Waals surface area contributed by atoms with Crippen molar-refractivity contribution in [3.8, 4) is 5.75 Å². The van der Waals surface area contributed by atoms with E-state index in [0.29, 0.717) is 32.0 Å². The van der Waals surface area contributed by atoms with Crippen LogP contribution in [0.3, 0.4) is 0 Å². The maximum absolute atomic E-state index is 12.1. The second-order valence-corrected chi connectivity index (χ2v) is 7.13. The lowest BCUT2D eigenvalue weighted by atomic mass is 9.96. The second kappa shape index (κ2) is 11.5. The lowest BCUT2D eigenvalue weighted by Gasteiger charge is -2.22. The van der Waals surface area contributed by atoms with Crippen molar-refractivity contribution in [1.29, 1.82) is 0 Å². The zero-order chi connectivity index (χ0) is 19.5. The molecule has 1 fully saturated rings. The molecule has 0 heterocycles. The fourth-order valence-electron chi connectivity index (χ4n) is 3.35. The summed E-state index contributed by atoms with van der Waals surface area (Å²) in [7, 11) is 0. The van der Waals surface area contributed by atoms with Crippen LogP contribution >= 0.6 is 0 Å². The molecule has 0 spiro atoms. The van der Waals surface area contributed by atoms with Crippen molar-refractivity contribution in [2.24, 2.45) is 0 Å². The minimum absolute atomic E-state index is 0.00845. The molecule has 6 nitrogen and oxygen atoms in total. The molecule has 3 N–H and O–H groups in total. The average molecular weight is 376 g/mol. The highest BCUT2D eigenvalue weighted by Gasteiger charge is 2.15. The molecule has 0 bridgehead atoms. The Balaban J connectivity index is 1.60. The van der Waals surface area contributed by atoms with Crippen molar-refractivity contribution in [2.45, 2.75) is 70.9 Å². The van der Waals surface area contributed by atoms with Gasteiger partial charge in [0.05, 0.1) is 12.6 Å². The summed E-state index contributed by atoms with van der Waals surface area (Å²) in [5, 5.41) is 8.85. The van der Waals surface area contributed by atoms with E-state index in [1.165, 1.54) is 19.3 Å². The monoisotopic (exact) mass is 375 g/mol. The topological polar surface area (TPSA) is 79.5 Å². The first kappa shape index (κ1) is 21.1. The van der Waals surface area contributed by atoms with Crippen molar-refractivity contribution in [3.63, 3.8) is 0 Å². The van der Waals surface area contributed by atoms with Gasteiger partial charge in [0.2, 0.25) is 5.91 Å². The van der Waals surface area contributed by atoms with Crippen molar-refractivity contribution in [2.75, 3.05) is 13.2 Å². The Morgan fingerprint density at radius 1 is 1.15 bits per heavy atom. The van der Waals surface area contributed by atoms with E-state index in [1.807, 2.05) is 38.1 Å². The van der Waals surface area contributed by atoms with Crippen LogP contribution in [0, 0.1) is 0 Å². The van der Waals surface area contributed by atoms with Crippen molar-refractivity contribution in [1.82, 2.24) is 16.0 Å². The van der Waals surface area contributed by atoms with Crippen LogP contribution in [0.2, 0.25) is 0 Å². The van der Waals surface area contributed by atoms with Crippen molar-refractivity contribution >= 4 is 11.9 Å². The molecule has 1 unspecified atom stereocenters. The Morgan fingerprint density at radius 3 is 2.52 bits per heavy atom. The van der Waals surface area contributed by atoms with Gasteiger partial charge in [-0.2, -0.15) is 0 Å². The highest BCUT2D eigenvalue weighted by molar-refractivity contribution is 5.77. The van der Waals surface area contributed by atoms with Gasteiger partial charge in [0.1, 0.15) is 5.75 Å². The number of hydrogen-bond acceptors (Lipinski definition) is 3. The molecule has 1 aliphatic carbocycles. The van der Waals surface area contributed by atoms with Gasteiger partial charge in [-0.25, -0.2) is 4.79 Å². The highest BCUT2D eigenvalue weighted by Crippen LogP contribution is 2.18. The zero-order valence-corrected chi connectivity index (χ0v) is 16.6. The molecule has 0 saturated heterocycles. The van der Waals surface area contributed by atoms with Crippen LogP contribution in [0.5, 0.6) is 5.75 Å². The molecule has 2 rings (SSSR count). The van der Waals surface area contributed by atoms with E-state index in [1.54, 1.807) is 0 Å². The van der Waals surface area contributed by atoms with E-state index in [9.17, 15) is 9.59 Å². The number of ether oxygens (including phenoxy) is 1. The number of rotatable bonds is 9. The zero-order valence-electron chi connectivity index (χ0n) is 16.6. The SMILES string of the molecule is CCOc1ccc(C(C)NC(=O)CCCNC(=O)NC2CCCCC2)cc1. The number of hydrogen-bond donors (Lipinski definition) is 3. The third-order valence-corrected chi connectivity index (χ3v) is 4.88. The van der Waals surface area contributed by atoms with Gasteiger partial charge in [-0.15, -0.1) is 0 Å². The van der Waals surface area contributed by atoms with Gasteiger partial charge in [0, 0.05) is 19.0 Å². The number of benzene rings is 1. The van der Waals surface area contributed by atoms with Crippen LogP contribution in [-0.2, 0) is 4.79 Å². The summed E-state index contributed by atoms with van der Waals surface area (Å²) >= 11 is 0. The summed E-state index contributed by atoms with van der Waals surface area (Å²) < 4.78 is 5.43. The Morgan fingerprint density at radius 2 is 1.85 bits per heavy atom. The average Bonchev–Trinajstić information content (AvgIpc) is 2.67. The number of carbonyl (C=O) groups excluding carboxylic acids is 2. The van der Waals surface area contributed by atoms with Gasteiger partial charge in [0.25, 0.3) is 0 Å². The molecule has 1 atom stereocenters. The normalized spacial score (nSPS) is 15.6. The summed E-state index contributed by atoms with van der Waals surface area (Å²) in [6.45, 7) is 5.05. The Kier molecular flexibility index (Phi) is 8.95. The van der Waals surface area contributed by atoms with Crippen LogP contribution in [0.15, 0.2) is 24.3 Å². The standard InChI is InChI=1S/C21H33N3O3/c1-3-27-19-13-11-17(12-14-19)16(2)23-20(25)10-7-15-22-21(26)24-18-8-5-4-6-9-18/h11-14,16,18H,3-10,15H2,1-2H3,(H,23,25)(H2,22,24,26).